The molecule has 0 aromatic heterocycles. The van der Waals surface area contributed by atoms with Crippen LogP contribution >= 0.6 is 0 Å². The minimum atomic E-state index is -1.55. The molecule has 0 spiro atoms. The van der Waals surface area contributed by atoms with Crippen LogP contribution < -0.4 is 0 Å². The van der Waals surface area contributed by atoms with Gasteiger partial charge in [-0.05, 0) is 49.6 Å². The molecular formula is C22H30O10. The van der Waals surface area contributed by atoms with Gasteiger partial charge in [0.15, 0.2) is 6.29 Å². The fourth-order valence-corrected chi connectivity index (χ4v) is 4.18. The molecule has 10 nitrogen and oxygen atoms in total. The molecule has 1 saturated heterocycles. The number of esters is 1. The molecule has 1 fully saturated rings. The normalized spacial score (nSPS) is 32.9. The zero-order valence-corrected chi connectivity index (χ0v) is 17.7. The van der Waals surface area contributed by atoms with E-state index in [0.717, 1.165) is 11.1 Å². The number of aromatic hydroxyl groups is 1. The van der Waals surface area contributed by atoms with E-state index in [2.05, 4.69) is 0 Å². The maximum atomic E-state index is 12.2. The van der Waals surface area contributed by atoms with Gasteiger partial charge in [0, 0.05) is 5.92 Å². The van der Waals surface area contributed by atoms with E-state index in [0.29, 0.717) is 12.8 Å². The number of carbonyl (C=O) groups is 1. The molecule has 1 aromatic rings. The van der Waals surface area contributed by atoms with Crippen molar-refractivity contribution in [1.82, 2.24) is 0 Å². The lowest BCUT2D eigenvalue weighted by Crippen LogP contribution is -2.59. The van der Waals surface area contributed by atoms with E-state index < -0.39 is 49.4 Å². The number of benzene rings is 1. The van der Waals surface area contributed by atoms with Crippen LogP contribution in [0.25, 0.3) is 0 Å². The molecule has 3 rings (SSSR count). The molecule has 1 aromatic carbocycles. The van der Waals surface area contributed by atoms with Crippen LogP contribution in [-0.2, 0) is 14.2 Å². The Morgan fingerprint density at radius 2 is 1.78 bits per heavy atom. The number of hydrogen-bond donors (Lipinski definition) is 6. The molecule has 0 bridgehead atoms. The second-order valence-corrected chi connectivity index (χ2v) is 8.12. The summed E-state index contributed by atoms with van der Waals surface area (Å²) < 4.78 is 16.7. The molecular weight excluding hydrogens is 424 g/mol. The number of ether oxygens (including phenoxy) is 3. The average molecular weight is 454 g/mol. The van der Waals surface area contributed by atoms with Gasteiger partial charge in [-0.1, -0.05) is 5.57 Å². The van der Waals surface area contributed by atoms with Gasteiger partial charge >= 0.3 is 5.97 Å². The van der Waals surface area contributed by atoms with E-state index in [-0.39, 0.29) is 30.4 Å². The van der Waals surface area contributed by atoms with Gasteiger partial charge in [-0.3, -0.25) is 0 Å². The van der Waals surface area contributed by atoms with Crippen molar-refractivity contribution in [1.29, 1.82) is 0 Å². The minimum Gasteiger partial charge on any atom is -0.508 e. The van der Waals surface area contributed by atoms with Crippen molar-refractivity contribution in [3.8, 4) is 5.75 Å². The summed E-state index contributed by atoms with van der Waals surface area (Å²) in [5.41, 5.74) is 1.93. The summed E-state index contributed by atoms with van der Waals surface area (Å²) in [4.78, 5) is 12.2. The Hall–Kier alpha value is -2.05. The molecule has 1 aliphatic heterocycles. The fraction of sp³-hybridized carbons (Fsp3) is 0.591. The van der Waals surface area contributed by atoms with Crippen molar-refractivity contribution in [3.05, 3.63) is 41.0 Å². The second kappa shape index (κ2) is 10.7. The van der Waals surface area contributed by atoms with Gasteiger partial charge in [0.2, 0.25) is 0 Å². The van der Waals surface area contributed by atoms with E-state index in [1.54, 1.807) is 0 Å². The van der Waals surface area contributed by atoms with E-state index >= 15 is 0 Å². The Morgan fingerprint density at radius 1 is 1.09 bits per heavy atom. The summed E-state index contributed by atoms with van der Waals surface area (Å²) in [5.74, 6) is -0.852. The second-order valence-electron chi connectivity index (χ2n) is 8.12. The molecule has 32 heavy (non-hydrogen) atoms. The largest absolute Gasteiger partial charge is 0.508 e. The maximum Gasteiger partial charge on any atom is 0.338 e. The first-order valence-electron chi connectivity index (χ1n) is 10.5. The maximum absolute atomic E-state index is 12.2. The fourth-order valence-electron chi connectivity index (χ4n) is 4.18. The summed E-state index contributed by atoms with van der Waals surface area (Å²) in [7, 11) is 0. The summed E-state index contributed by atoms with van der Waals surface area (Å²) in [6, 6.07) is 5.66. The Labute approximate surface area is 185 Å². The predicted molar refractivity (Wildman–Crippen MR) is 110 cm³/mol. The summed E-state index contributed by atoms with van der Waals surface area (Å²) in [6.07, 6.45) is -6.71. The smallest absolute Gasteiger partial charge is 0.338 e. The molecule has 0 radical (unpaired) electrons. The topological polar surface area (TPSA) is 166 Å². The number of carbonyl (C=O) groups excluding carboxylic acids is 1. The van der Waals surface area contributed by atoms with Crippen molar-refractivity contribution in [2.45, 2.75) is 56.6 Å². The van der Waals surface area contributed by atoms with Gasteiger partial charge in [-0.15, -0.1) is 0 Å². The number of aliphatic hydroxyl groups excluding tert-OH is 5. The van der Waals surface area contributed by atoms with Crippen molar-refractivity contribution < 1.29 is 49.6 Å². The van der Waals surface area contributed by atoms with Crippen LogP contribution in [0.4, 0.5) is 0 Å². The van der Waals surface area contributed by atoms with Crippen LogP contribution in [0.2, 0.25) is 0 Å². The molecule has 0 amide bonds. The van der Waals surface area contributed by atoms with Crippen LogP contribution in [0, 0.1) is 5.92 Å². The van der Waals surface area contributed by atoms with E-state index in [1.807, 2.05) is 6.92 Å². The predicted octanol–water partition coefficient (Wildman–Crippen LogP) is -0.547. The first kappa shape index (κ1) is 24.6. The van der Waals surface area contributed by atoms with Crippen LogP contribution in [0.5, 0.6) is 5.75 Å². The summed E-state index contributed by atoms with van der Waals surface area (Å²) in [6.45, 7) is 1.11. The summed E-state index contributed by atoms with van der Waals surface area (Å²) >= 11 is 0. The third-order valence-corrected chi connectivity index (χ3v) is 6.04. The molecule has 6 N–H and O–H groups in total. The molecule has 0 saturated carbocycles. The highest BCUT2D eigenvalue weighted by Crippen LogP contribution is 2.38. The zero-order valence-electron chi connectivity index (χ0n) is 17.7. The zero-order chi connectivity index (χ0) is 23.4. The van der Waals surface area contributed by atoms with Gasteiger partial charge in [0.25, 0.3) is 0 Å². The standard InChI is InChI=1S/C22H30O10/c1-11-8-16(31-22-20(28)19(27)18(26)17(10-24)32-22)14(15(11)9-23)6-7-30-21(29)12-2-4-13(25)5-3-12/h2-5,14,16-20,22-28H,6-10H2,1H3/t14-,16-,17-,18-,19+,20-,22-/m1/s1. The highest BCUT2D eigenvalue weighted by molar-refractivity contribution is 5.89. The molecule has 7 atom stereocenters. The Morgan fingerprint density at radius 3 is 2.41 bits per heavy atom. The highest BCUT2D eigenvalue weighted by Gasteiger charge is 2.46. The molecule has 1 heterocycles. The van der Waals surface area contributed by atoms with Crippen molar-refractivity contribution >= 4 is 5.97 Å². The lowest BCUT2D eigenvalue weighted by Gasteiger charge is -2.41. The number of hydrogen-bond acceptors (Lipinski definition) is 10. The summed E-state index contributed by atoms with van der Waals surface area (Å²) in [5, 5.41) is 58.7. The monoisotopic (exact) mass is 454 g/mol. The van der Waals surface area contributed by atoms with Crippen molar-refractivity contribution in [3.63, 3.8) is 0 Å². The van der Waals surface area contributed by atoms with E-state index in [9.17, 15) is 35.4 Å². The van der Waals surface area contributed by atoms with Crippen LogP contribution in [-0.4, -0.2) is 93.2 Å². The number of aliphatic hydroxyl groups is 5. The molecule has 2 aliphatic rings. The van der Waals surface area contributed by atoms with Gasteiger partial charge in [0.1, 0.15) is 30.2 Å². The SMILES string of the molecule is CC1=C(CO)[C@@H](CCOC(=O)c2ccc(O)cc2)[C@H](O[C@@H]2O[C@H](CO)[C@@H](O)[C@H](O)[C@H]2O)C1. The number of rotatable bonds is 8. The van der Waals surface area contributed by atoms with Crippen LogP contribution in [0.3, 0.4) is 0 Å². The first-order valence-corrected chi connectivity index (χ1v) is 10.5. The van der Waals surface area contributed by atoms with E-state index in [1.165, 1.54) is 24.3 Å². The Balaban J connectivity index is 1.63. The van der Waals surface area contributed by atoms with Gasteiger partial charge in [-0.2, -0.15) is 0 Å². The van der Waals surface area contributed by atoms with Gasteiger partial charge < -0.3 is 44.8 Å². The molecule has 178 valence electrons. The number of phenols is 1. The van der Waals surface area contributed by atoms with Crippen molar-refractivity contribution in [2.75, 3.05) is 19.8 Å². The minimum absolute atomic E-state index is 0.0360. The van der Waals surface area contributed by atoms with Gasteiger partial charge in [0.05, 0.1) is 31.5 Å². The lowest BCUT2D eigenvalue weighted by molar-refractivity contribution is -0.313. The highest BCUT2D eigenvalue weighted by atomic mass is 16.7. The van der Waals surface area contributed by atoms with Crippen LogP contribution in [0.15, 0.2) is 35.4 Å². The van der Waals surface area contributed by atoms with Gasteiger partial charge in [-0.25, -0.2) is 4.79 Å². The quantitative estimate of drug-likeness (QED) is 0.222. The Kier molecular flexibility index (Phi) is 8.23. The lowest BCUT2D eigenvalue weighted by atomic mass is 9.95. The Bertz CT molecular complexity index is 805. The van der Waals surface area contributed by atoms with Crippen molar-refractivity contribution in [2.24, 2.45) is 5.92 Å². The third-order valence-electron chi connectivity index (χ3n) is 6.04. The first-order chi connectivity index (χ1) is 15.3. The molecule has 0 unspecified atom stereocenters. The number of phenolic OH excluding ortho intramolecular Hbond substituents is 1. The molecule has 10 heteroatoms. The average Bonchev–Trinajstić information content (AvgIpc) is 3.08. The third kappa shape index (κ3) is 5.29. The van der Waals surface area contributed by atoms with Crippen LogP contribution in [0.1, 0.15) is 30.1 Å². The molecule has 1 aliphatic carbocycles. The van der Waals surface area contributed by atoms with E-state index in [4.69, 9.17) is 14.2 Å².